The SMILES string of the molecule is O=C(O)C(Cc1ccccc1)N[C@H](C(=O)CCCCCOCc1ccccc1)C(=O)CNO. The van der Waals surface area contributed by atoms with Crippen LogP contribution < -0.4 is 10.8 Å². The monoisotopic (exact) mass is 456 g/mol. The zero-order chi connectivity index (χ0) is 23.9. The largest absolute Gasteiger partial charge is 0.480 e. The molecule has 178 valence electrons. The molecule has 0 amide bonds. The molecular formula is C25H32N2O6. The molecule has 4 N–H and O–H groups in total. The van der Waals surface area contributed by atoms with Gasteiger partial charge in [0, 0.05) is 13.0 Å². The normalized spacial score (nSPS) is 12.8. The third-order valence-electron chi connectivity index (χ3n) is 5.17. The van der Waals surface area contributed by atoms with Crippen molar-refractivity contribution < 1.29 is 29.4 Å². The summed E-state index contributed by atoms with van der Waals surface area (Å²) in [6.07, 6.45) is 2.33. The predicted molar refractivity (Wildman–Crippen MR) is 123 cm³/mol. The summed E-state index contributed by atoms with van der Waals surface area (Å²) in [5, 5.41) is 21.2. The fourth-order valence-corrected chi connectivity index (χ4v) is 3.40. The van der Waals surface area contributed by atoms with E-state index in [0.29, 0.717) is 19.6 Å². The van der Waals surface area contributed by atoms with E-state index in [4.69, 9.17) is 9.94 Å². The first-order valence-corrected chi connectivity index (χ1v) is 11.1. The Hall–Kier alpha value is -2.91. The smallest absolute Gasteiger partial charge is 0.321 e. The molecule has 0 fully saturated rings. The number of aliphatic carboxylic acids is 1. The number of ether oxygens (including phenoxy) is 1. The third kappa shape index (κ3) is 10.0. The van der Waals surface area contributed by atoms with Gasteiger partial charge in [-0.05, 0) is 30.4 Å². The maximum Gasteiger partial charge on any atom is 0.321 e. The lowest BCUT2D eigenvalue weighted by Crippen LogP contribution is -2.53. The number of rotatable bonds is 17. The van der Waals surface area contributed by atoms with Crippen molar-refractivity contribution in [2.75, 3.05) is 13.2 Å². The topological polar surface area (TPSA) is 125 Å². The molecule has 2 aromatic carbocycles. The summed E-state index contributed by atoms with van der Waals surface area (Å²) in [4.78, 5) is 36.9. The standard InChI is InChI=1S/C25H32N2O6/c28-22(14-8-3-9-15-33-18-20-12-6-2-7-13-20)24(23(29)17-26-32)27-21(25(30)31)16-19-10-4-1-5-11-19/h1-2,4-7,10-13,21,24,26-27,32H,3,8-9,14-18H2,(H,30,31)/t21?,24-/m1/s1. The van der Waals surface area contributed by atoms with Crippen LogP contribution in [0.4, 0.5) is 0 Å². The van der Waals surface area contributed by atoms with E-state index >= 15 is 0 Å². The maximum atomic E-state index is 12.7. The highest BCUT2D eigenvalue weighted by Gasteiger charge is 2.30. The van der Waals surface area contributed by atoms with E-state index in [1.807, 2.05) is 36.4 Å². The summed E-state index contributed by atoms with van der Waals surface area (Å²) in [5.41, 5.74) is 3.62. The summed E-state index contributed by atoms with van der Waals surface area (Å²) in [5.74, 6) is -2.15. The number of unbranched alkanes of at least 4 members (excludes halogenated alkanes) is 2. The number of carbonyl (C=O) groups excluding carboxylic acids is 2. The van der Waals surface area contributed by atoms with Crippen molar-refractivity contribution in [1.29, 1.82) is 0 Å². The van der Waals surface area contributed by atoms with E-state index in [0.717, 1.165) is 24.0 Å². The molecule has 2 aromatic rings. The molecule has 0 heterocycles. The highest BCUT2D eigenvalue weighted by atomic mass is 16.5. The minimum Gasteiger partial charge on any atom is -0.480 e. The van der Waals surface area contributed by atoms with Gasteiger partial charge in [-0.25, -0.2) is 0 Å². The average molecular weight is 457 g/mol. The van der Waals surface area contributed by atoms with Gasteiger partial charge in [-0.2, -0.15) is 5.48 Å². The van der Waals surface area contributed by atoms with Gasteiger partial charge in [0.05, 0.1) is 13.2 Å². The van der Waals surface area contributed by atoms with Gasteiger partial charge in [-0.3, -0.25) is 19.7 Å². The number of benzene rings is 2. The fraction of sp³-hybridized carbons (Fsp3) is 0.400. The van der Waals surface area contributed by atoms with E-state index < -0.39 is 30.4 Å². The lowest BCUT2D eigenvalue weighted by molar-refractivity contribution is -0.140. The Morgan fingerprint density at radius 2 is 1.48 bits per heavy atom. The van der Waals surface area contributed by atoms with Crippen LogP contribution in [0.25, 0.3) is 0 Å². The van der Waals surface area contributed by atoms with Gasteiger partial charge in [0.1, 0.15) is 12.1 Å². The zero-order valence-corrected chi connectivity index (χ0v) is 18.6. The van der Waals surface area contributed by atoms with E-state index in [1.165, 1.54) is 0 Å². The molecule has 0 saturated heterocycles. The highest BCUT2D eigenvalue weighted by Crippen LogP contribution is 2.09. The number of carboxylic acids is 1. The van der Waals surface area contributed by atoms with Gasteiger partial charge in [0.15, 0.2) is 11.6 Å². The van der Waals surface area contributed by atoms with Crippen LogP contribution in [-0.4, -0.2) is 53.1 Å². The van der Waals surface area contributed by atoms with E-state index in [9.17, 15) is 19.5 Å². The van der Waals surface area contributed by atoms with Crippen molar-refractivity contribution in [1.82, 2.24) is 10.8 Å². The molecule has 1 unspecified atom stereocenters. The number of ketones is 2. The van der Waals surface area contributed by atoms with Crippen LogP contribution in [0.5, 0.6) is 0 Å². The van der Waals surface area contributed by atoms with Crippen molar-refractivity contribution in [2.24, 2.45) is 0 Å². The quantitative estimate of drug-likeness (QED) is 0.163. The molecule has 8 heteroatoms. The van der Waals surface area contributed by atoms with Crippen molar-refractivity contribution in [3.8, 4) is 0 Å². The predicted octanol–water partition coefficient (Wildman–Crippen LogP) is 2.53. The van der Waals surface area contributed by atoms with Gasteiger partial charge in [0.25, 0.3) is 0 Å². The third-order valence-corrected chi connectivity index (χ3v) is 5.17. The number of Topliss-reactive ketones (excluding diaryl/α,β-unsaturated/α-hetero) is 2. The first-order chi connectivity index (χ1) is 16.0. The first-order valence-electron chi connectivity index (χ1n) is 11.1. The number of hydroxylamine groups is 1. The van der Waals surface area contributed by atoms with Crippen LogP contribution in [0.2, 0.25) is 0 Å². The summed E-state index contributed by atoms with van der Waals surface area (Å²) < 4.78 is 5.63. The molecule has 0 aliphatic carbocycles. The van der Waals surface area contributed by atoms with Crippen LogP contribution in [0.3, 0.4) is 0 Å². The Morgan fingerprint density at radius 1 is 0.848 bits per heavy atom. The molecule has 0 spiro atoms. The number of carboxylic acid groups (broad SMARTS) is 1. The second-order valence-electron chi connectivity index (χ2n) is 7.80. The minimum atomic E-state index is -1.30. The molecule has 2 rings (SSSR count). The van der Waals surface area contributed by atoms with E-state index in [1.54, 1.807) is 29.7 Å². The minimum absolute atomic E-state index is 0.124. The molecule has 0 aromatic heterocycles. The van der Waals surface area contributed by atoms with Gasteiger partial charge >= 0.3 is 5.97 Å². The lowest BCUT2D eigenvalue weighted by Gasteiger charge is -2.21. The fourth-order valence-electron chi connectivity index (χ4n) is 3.40. The summed E-state index contributed by atoms with van der Waals surface area (Å²) in [7, 11) is 0. The van der Waals surface area contributed by atoms with Gasteiger partial charge in [0.2, 0.25) is 0 Å². The molecule has 0 saturated carbocycles. The number of carbonyl (C=O) groups is 3. The first kappa shape index (κ1) is 26.3. The molecule has 33 heavy (non-hydrogen) atoms. The van der Waals surface area contributed by atoms with Crippen LogP contribution in [-0.2, 0) is 32.1 Å². The molecular weight excluding hydrogens is 424 g/mol. The zero-order valence-electron chi connectivity index (χ0n) is 18.6. The number of hydrogen-bond acceptors (Lipinski definition) is 7. The van der Waals surface area contributed by atoms with Crippen molar-refractivity contribution in [3.63, 3.8) is 0 Å². The Balaban J connectivity index is 1.81. The Labute approximate surface area is 193 Å². The van der Waals surface area contributed by atoms with E-state index in [2.05, 4.69) is 5.32 Å². The second kappa shape index (κ2) is 15.0. The second-order valence-corrected chi connectivity index (χ2v) is 7.80. The molecule has 2 atom stereocenters. The molecule has 0 aliphatic rings. The maximum absolute atomic E-state index is 12.7. The van der Waals surface area contributed by atoms with Crippen molar-refractivity contribution in [2.45, 2.75) is 50.8 Å². The van der Waals surface area contributed by atoms with Crippen LogP contribution in [0.1, 0.15) is 36.8 Å². The Bertz CT molecular complexity index is 860. The summed E-state index contributed by atoms with van der Waals surface area (Å²) in [6, 6.07) is 16.4. The molecule has 0 aliphatic heterocycles. The van der Waals surface area contributed by atoms with Gasteiger partial charge < -0.3 is 15.1 Å². The van der Waals surface area contributed by atoms with Gasteiger partial charge in [-0.1, -0.05) is 67.1 Å². The number of nitrogens with one attached hydrogen (secondary N) is 2. The van der Waals surface area contributed by atoms with Crippen LogP contribution >= 0.6 is 0 Å². The Morgan fingerprint density at radius 3 is 2.09 bits per heavy atom. The summed E-state index contributed by atoms with van der Waals surface area (Å²) in [6.45, 7) is 0.650. The molecule has 0 radical (unpaired) electrons. The van der Waals surface area contributed by atoms with Crippen molar-refractivity contribution >= 4 is 17.5 Å². The van der Waals surface area contributed by atoms with E-state index in [-0.39, 0.29) is 18.6 Å². The lowest BCUT2D eigenvalue weighted by atomic mass is 9.99. The molecule has 8 nitrogen and oxygen atoms in total. The highest BCUT2D eigenvalue weighted by molar-refractivity contribution is 6.07. The van der Waals surface area contributed by atoms with Crippen molar-refractivity contribution in [3.05, 3.63) is 71.8 Å². The number of hydrogen-bond donors (Lipinski definition) is 4. The van der Waals surface area contributed by atoms with Gasteiger partial charge in [-0.15, -0.1) is 0 Å². The Kier molecular flexibility index (Phi) is 12.0. The average Bonchev–Trinajstić information content (AvgIpc) is 2.82. The summed E-state index contributed by atoms with van der Waals surface area (Å²) >= 11 is 0. The van der Waals surface area contributed by atoms with Crippen LogP contribution in [0, 0.1) is 0 Å². The molecule has 0 bridgehead atoms. The van der Waals surface area contributed by atoms with Crippen LogP contribution in [0.15, 0.2) is 60.7 Å².